The Labute approximate surface area is 108 Å². The maximum atomic E-state index is 12.1. The van der Waals surface area contributed by atoms with Gasteiger partial charge in [0.15, 0.2) is 5.00 Å². The Bertz CT molecular complexity index is 577. The smallest absolute Gasteiger partial charge is 0.304 e. The zero-order valence-corrected chi connectivity index (χ0v) is 11.3. The van der Waals surface area contributed by atoms with Crippen LogP contribution in [-0.4, -0.2) is 31.2 Å². The van der Waals surface area contributed by atoms with Crippen LogP contribution >= 0.6 is 11.3 Å². The van der Waals surface area contributed by atoms with Gasteiger partial charge >= 0.3 is 5.69 Å². The molecule has 2 rings (SSSR count). The monoisotopic (exact) mass is 291 g/mol. The van der Waals surface area contributed by atoms with Crippen LogP contribution < -0.4 is 5.73 Å². The van der Waals surface area contributed by atoms with Crippen LogP contribution in [-0.2, 0) is 10.0 Å². The molecule has 0 aliphatic heterocycles. The third-order valence-electron chi connectivity index (χ3n) is 2.79. The molecule has 0 unspecified atom stereocenters. The van der Waals surface area contributed by atoms with E-state index in [1.807, 2.05) is 0 Å². The number of nitro groups is 1. The van der Waals surface area contributed by atoms with Crippen LogP contribution in [0.1, 0.15) is 12.8 Å². The van der Waals surface area contributed by atoms with Gasteiger partial charge in [-0.25, -0.2) is 8.42 Å². The quantitative estimate of drug-likeness (QED) is 0.649. The van der Waals surface area contributed by atoms with E-state index in [2.05, 4.69) is 0 Å². The SMILES string of the molecule is CN(CC1CC1)S(=O)(=O)c1cc([N+](=O)[O-])c(N)s1. The van der Waals surface area contributed by atoms with Crippen molar-refractivity contribution in [3.8, 4) is 0 Å². The first kappa shape index (κ1) is 13.2. The molecular formula is C9H13N3O4S2. The van der Waals surface area contributed by atoms with Crippen LogP contribution in [0.5, 0.6) is 0 Å². The number of sulfonamides is 1. The van der Waals surface area contributed by atoms with Crippen LogP contribution in [0.3, 0.4) is 0 Å². The van der Waals surface area contributed by atoms with Crippen molar-refractivity contribution in [1.82, 2.24) is 4.31 Å². The fourth-order valence-electron chi connectivity index (χ4n) is 1.56. The molecule has 1 saturated carbocycles. The second-order valence-corrected chi connectivity index (χ2v) is 7.66. The number of nitrogens with two attached hydrogens (primary N) is 1. The van der Waals surface area contributed by atoms with Crippen molar-refractivity contribution < 1.29 is 13.3 Å². The largest absolute Gasteiger partial charge is 0.385 e. The predicted molar refractivity (Wildman–Crippen MR) is 67.9 cm³/mol. The molecule has 2 N–H and O–H groups in total. The second kappa shape index (κ2) is 4.48. The molecule has 100 valence electrons. The predicted octanol–water partition coefficient (Wildman–Crippen LogP) is 1.27. The van der Waals surface area contributed by atoms with Crippen molar-refractivity contribution in [2.24, 2.45) is 5.92 Å². The van der Waals surface area contributed by atoms with E-state index < -0.39 is 14.9 Å². The number of thiophene rings is 1. The van der Waals surface area contributed by atoms with E-state index in [0.29, 0.717) is 12.5 Å². The summed E-state index contributed by atoms with van der Waals surface area (Å²) < 4.78 is 25.4. The number of rotatable bonds is 5. The first-order valence-corrected chi connectivity index (χ1v) is 7.58. The lowest BCUT2D eigenvalue weighted by Gasteiger charge is -2.14. The van der Waals surface area contributed by atoms with E-state index in [9.17, 15) is 18.5 Å². The summed E-state index contributed by atoms with van der Waals surface area (Å²) in [5.74, 6) is 0.414. The van der Waals surface area contributed by atoms with Gasteiger partial charge in [-0.1, -0.05) is 11.3 Å². The van der Waals surface area contributed by atoms with E-state index in [1.54, 1.807) is 0 Å². The fourth-order valence-corrected chi connectivity index (χ4v) is 4.23. The third-order valence-corrected chi connectivity index (χ3v) is 6.02. The first-order chi connectivity index (χ1) is 8.32. The average molecular weight is 291 g/mol. The Hall–Kier alpha value is -1.19. The third kappa shape index (κ3) is 2.47. The molecule has 0 spiro atoms. The molecule has 0 bridgehead atoms. The Balaban J connectivity index is 2.28. The minimum absolute atomic E-state index is 0.0742. The van der Waals surface area contributed by atoms with Gasteiger partial charge in [-0.15, -0.1) is 0 Å². The number of anilines is 1. The number of hydrogen-bond acceptors (Lipinski definition) is 6. The van der Waals surface area contributed by atoms with Crippen LogP contribution in [0.2, 0.25) is 0 Å². The van der Waals surface area contributed by atoms with Crippen LogP contribution in [0.25, 0.3) is 0 Å². The standard InChI is InChI=1S/C9H13N3O4S2/c1-11(5-6-2-3-6)18(15,16)8-4-7(12(13)14)9(10)17-8/h4,6H,2-3,5,10H2,1H3. The zero-order valence-electron chi connectivity index (χ0n) is 9.70. The van der Waals surface area contributed by atoms with E-state index in [-0.39, 0.29) is 14.9 Å². The van der Waals surface area contributed by atoms with Gasteiger partial charge in [0.1, 0.15) is 4.21 Å². The number of nitrogens with zero attached hydrogens (tertiary/aromatic N) is 2. The first-order valence-electron chi connectivity index (χ1n) is 5.32. The topological polar surface area (TPSA) is 107 Å². The van der Waals surface area contributed by atoms with E-state index in [0.717, 1.165) is 30.2 Å². The molecule has 1 heterocycles. The molecule has 0 radical (unpaired) electrons. The molecular weight excluding hydrogens is 278 g/mol. The molecule has 0 aromatic carbocycles. The van der Waals surface area contributed by atoms with Crippen molar-refractivity contribution in [3.63, 3.8) is 0 Å². The van der Waals surface area contributed by atoms with Crippen LogP contribution in [0.15, 0.2) is 10.3 Å². The summed E-state index contributed by atoms with van der Waals surface area (Å²) in [5.41, 5.74) is 5.10. The van der Waals surface area contributed by atoms with Gasteiger partial charge in [0.25, 0.3) is 10.0 Å². The Morgan fingerprint density at radius 1 is 1.61 bits per heavy atom. The van der Waals surface area contributed by atoms with Crippen LogP contribution in [0, 0.1) is 16.0 Å². The summed E-state index contributed by atoms with van der Waals surface area (Å²) in [7, 11) is -2.18. The molecule has 7 nitrogen and oxygen atoms in total. The summed E-state index contributed by atoms with van der Waals surface area (Å²) in [6.07, 6.45) is 2.07. The lowest BCUT2D eigenvalue weighted by atomic mass is 10.4. The molecule has 0 saturated heterocycles. The van der Waals surface area contributed by atoms with Gasteiger partial charge < -0.3 is 5.73 Å². The normalized spacial score (nSPS) is 16.1. The van der Waals surface area contributed by atoms with Crippen molar-refractivity contribution in [2.45, 2.75) is 17.1 Å². The maximum Gasteiger partial charge on any atom is 0.304 e. The van der Waals surface area contributed by atoms with Crippen molar-refractivity contribution in [1.29, 1.82) is 0 Å². The highest BCUT2D eigenvalue weighted by Gasteiger charge is 2.32. The molecule has 1 fully saturated rings. The molecule has 1 aromatic rings. The zero-order chi connectivity index (χ0) is 13.5. The van der Waals surface area contributed by atoms with Crippen molar-refractivity contribution in [2.75, 3.05) is 19.3 Å². The Morgan fingerprint density at radius 2 is 2.22 bits per heavy atom. The minimum atomic E-state index is -3.66. The highest BCUT2D eigenvalue weighted by atomic mass is 32.2. The highest BCUT2D eigenvalue weighted by Crippen LogP contribution is 2.37. The number of nitrogen functional groups attached to an aromatic ring is 1. The minimum Gasteiger partial charge on any atom is -0.385 e. The fraction of sp³-hybridized carbons (Fsp3) is 0.556. The molecule has 18 heavy (non-hydrogen) atoms. The summed E-state index contributed by atoms with van der Waals surface area (Å²) >= 11 is 0.732. The number of hydrogen-bond donors (Lipinski definition) is 1. The van der Waals surface area contributed by atoms with Gasteiger partial charge in [-0.3, -0.25) is 10.1 Å². The summed E-state index contributed by atoms with van der Waals surface area (Å²) in [5, 5.41) is 10.6. The van der Waals surface area contributed by atoms with E-state index in [4.69, 9.17) is 5.73 Å². The van der Waals surface area contributed by atoms with E-state index >= 15 is 0 Å². The van der Waals surface area contributed by atoms with Gasteiger partial charge in [-0.2, -0.15) is 4.31 Å². The maximum absolute atomic E-state index is 12.1. The van der Waals surface area contributed by atoms with Gasteiger partial charge in [0, 0.05) is 19.7 Å². The lowest BCUT2D eigenvalue weighted by molar-refractivity contribution is -0.383. The second-order valence-electron chi connectivity index (χ2n) is 4.30. The molecule has 1 aromatic heterocycles. The average Bonchev–Trinajstić information content (AvgIpc) is 2.98. The van der Waals surface area contributed by atoms with E-state index in [1.165, 1.54) is 11.4 Å². The Morgan fingerprint density at radius 3 is 2.67 bits per heavy atom. The van der Waals surface area contributed by atoms with Gasteiger partial charge in [0.05, 0.1) is 4.92 Å². The van der Waals surface area contributed by atoms with Gasteiger partial charge in [-0.05, 0) is 18.8 Å². The molecule has 0 amide bonds. The molecule has 1 aliphatic rings. The summed E-state index contributed by atoms with van der Waals surface area (Å²) in [6.45, 7) is 0.452. The lowest BCUT2D eigenvalue weighted by Crippen LogP contribution is -2.28. The summed E-state index contributed by atoms with van der Waals surface area (Å²) in [6, 6.07) is 1.03. The van der Waals surface area contributed by atoms with Crippen molar-refractivity contribution >= 4 is 32.0 Å². The van der Waals surface area contributed by atoms with Crippen molar-refractivity contribution in [3.05, 3.63) is 16.2 Å². The molecule has 0 atom stereocenters. The molecule has 9 heteroatoms. The molecule has 1 aliphatic carbocycles. The summed E-state index contributed by atoms with van der Waals surface area (Å²) in [4.78, 5) is 9.97. The van der Waals surface area contributed by atoms with Gasteiger partial charge in [0.2, 0.25) is 0 Å². The van der Waals surface area contributed by atoms with Crippen LogP contribution in [0.4, 0.5) is 10.7 Å². The highest BCUT2D eigenvalue weighted by molar-refractivity contribution is 7.91. The Kier molecular flexibility index (Phi) is 3.30.